The minimum Gasteiger partial charge on any atom is -0.383 e. The Hall–Kier alpha value is -2.02. The molecule has 0 aliphatic heterocycles. The van der Waals surface area contributed by atoms with Gasteiger partial charge in [0, 0.05) is 18.1 Å². The Morgan fingerprint density at radius 3 is 2.64 bits per heavy atom. The molecular weight excluding hydrogens is 382 g/mol. The molecule has 1 aromatic heterocycles. The second-order valence-corrected chi connectivity index (χ2v) is 6.69. The van der Waals surface area contributed by atoms with Crippen molar-refractivity contribution in [2.75, 3.05) is 20.3 Å². The number of fused-ring (bicyclic) bond motifs is 1. The van der Waals surface area contributed by atoms with E-state index in [4.69, 9.17) is 9.72 Å². The number of hydrogen-bond donors (Lipinski definition) is 1. The summed E-state index contributed by atoms with van der Waals surface area (Å²) in [5.41, 5.74) is 1.43. The molecule has 0 saturated carbocycles. The number of methoxy groups -OCH3 is 1. The van der Waals surface area contributed by atoms with E-state index in [-0.39, 0.29) is 11.6 Å². The molecule has 25 heavy (non-hydrogen) atoms. The molecule has 0 amide bonds. The molecule has 0 unspecified atom stereocenters. The highest BCUT2D eigenvalue weighted by molar-refractivity contribution is 9.10. The van der Waals surface area contributed by atoms with Crippen LogP contribution in [0.15, 0.2) is 57.8 Å². The van der Waals surface area contributed by atoms with Gasteiger partial charge in [-0.1, -0.05) is 28.1 Å². The lowest BCUT2D eigenvalue weighted by molar-refractivity contribution is 0.196. The minimum absolute atomic E-state index is 0.0664. The Labute approximate surface area is 154 Å². The predicted octanol–water partition coefficient (Wildman–Crippen LogP) is 3.45. The van der Waals surface area contributed by atoms with Gasteiger partial charge in [-0.2, -0.15) is 0 Å². The Kier molecular flexibility index (Phi) is 5.63. The van der Waals surface area contributed by atoms with E-state index in [0.717, 1.165) is 10.2 Å². The second kappa shape index (κ2) is 7.91. The van der Waals surface area contributed by atoms with Gasteiger partial charge < -0.3 is 10.1 Å². The third-order valence-electron chi connectivity index (χ3n) is 4.03. The fraction of sp³-hybridized carbons (Fsp3) is 0.263. The van der Waals surface area contributed by atoms with Crippen LogP contribution in [0.1, 0.15) is 18.8 Å². The summed E-state index contributed by atoms with van der Waals surface area (Å²) >= 11 is 3.44. The Morgan fingerprint density at radius 2 is 1.92 bits per heavy atom. The van der Waals surface area contributed by atoms with Crippen LogP contribution in [0, 0.1) is 0 Å². The molecule has 3 rings (SSSR count). The van der Waals surface area contributed by atoms with E-state index >= 15 is 0 Å². The van der Waals surface area contributed by atoms with E-state index in [1.165, 1.54) is 0 Å². The summed E-state index contributed by atoms with van der Waals surface area (Å²) in [4.78, 5) is 17.9. The lowest BCUT2D eigenvalue weighted by atomic mass is 10.2. The van der Waals surface area contributed by atoms with Crippen molar-refractivity contribution in [2.24, 2.45) is 0 Å². The molecule has 0 aliphatic rings. The molecule has 3 aromatic rings. The second-order valence-electron chi connectivity index (χ2n) is 5.77. The lowest BCUT2D eigenvalue weighted by Gasteiger charge is -2.19. The summed E-state index contributed by atoms with van der Waals surface area (Å²) in [5.74, 6) is 0.683. The first-order valence-corrected chi connectivity index (χ1v) is 8.91. The number of benzene rings is 2. The minimum atomic E-state index is -0.101. The molecule has 0 aliphatic carbocycles. The molecule has 130 valence electrons. The van der Waals surface area contributed by atoms with Crippen molar-refractivity contribution in [1.29, 1.82) is 0 Å². The molecule has 0 fully saturated rings. The van der Waals surface area contributed by atoms with E-state index in [1.807, 2.05) is 55.5 Å². The molecule has 5 nitrogen and oxygen atoms in total. The van der Waals surface area contributed by atoms with Crippen molar-refractivity contribution in [2.45, 2.75) is 13.0 Å². The number of aromatic nitrogens is 2. The van der Waals surface area contributed by atoms with Gasteiger partial charge in [-0.05, 0) is 43.3 Å². The van der Waals surface area contributed by atoms with Crippen LogP contribution in [-0.2, 0) is 4.74 Å². The maximum absolute atomic E-state index is 13.1. The van der Waals surface area contributed by atoms with E-state index in [0.29, 0.717) is 29.9 Å². The molecule has 1 N–H and O–H groups in total. The van der Waals surface area contributed by atoms with Crippen LogP contribution in [0.4, 0.5) is 0 Å². The molecule has 6 heteroatoms. The van der Waals surface area contributed by atoms with Crippen molar-refractivity contribution in [1.82, 2.24) is 14.9 Å². The Balaban J connectivity index is 2.17. The monoisotopic (exact) mass is 401 g/mol. The number of hydrogen-bond acceptors (Lipinski definition) is 4. The van der Waals surface area contributed by atoms with Crippen LogP contribution in [0.2, 0.25) is 0 Å². The highest BCUT2D eigenvalue weighted by atomic mass is 79.9. The van der Waals surface area contributed by atoms with Crippen LogP contribution in [0.25, 0.3) is 16.6 Å². The van der Waals surface area contributed by atoms with Crippen molar-refractivity contribution in [3.05, 3.63) is 69.2 Å². The van der Waals surface area contributed by atoms with E-state index in [2.05, 4.69) is 21.2 Å². The van der Waals surface area contributed by atoms with Crippen LogP contribution < -0.4 is 10.9 Å². The summed E-state index contributed by atoms with van der Waals surface area (Å²) in [6.07, 6.45) is 0. The van der Waals surface area contributed by atoms with Gasteiger partial charge in [0.15, 0.2) is 0 Å². The van der Waals surface area contributed by atoms with Crippen molar-refractivity contribution in [3.63, 3.8) is 0 Å². The smallest absolute Gasteiger partial charge is 0.266 e. The zero-order chi connectivity index (χ0) is 17.8. The zero-order valence-electron chi connectivity index (χ0n) is 14.2. The van der Waals surface area contributed by atoms with Crippen LogP contribution in [0.3, 0.4) is 0 Å². The maximum atomic E-state index is 13.1. The first kappa shape index (κ1) is 17.8. The fourth-order valence-corrected chi connectivity index (χ4v) is 3.01. The van der Waals surface area contributed by atoms with Crippen LogP contribution >= 0.6 is 15.9 Å². The maximum Gasteiger partial charge on any atom is 0.266 e. The van der Waals surface area contributed by atoms with Gasteiger partial charge in [0.1, 0.15) is 5.82 Å². The standard InChI is InChI=1S/C19H20BrN3O2/c1-13(21-11-12-25-2)18-22-17-6-4-3-5-16(17)19(24)23(18)15-9-7-14(20)8-10-15/h3-10,13,21H,11-12H2,1-2H3/t13-/m1/s1. The quantitative estimate of drug-likeness (QED) is 0.642. The largest absolute Gasteiger partial charge is 0.383 e. The summed E-state index contributed by atoms with van der Waals surface area (Å²) in [5, 5.41) is 3.97. The van der Waals surface area contributed by atoms with E-state index < -0.39 is 0 Å². The lowest BCUT2D eigenvalue weighted by Crippen LogP contribution is -2.31. The average molecular weight is 402 g/mol. The van der Waals surface area contributed by atoms with E-state index in [9.17, 15) is 4.79 Å². The molecule has 0 saturated heterocycles. The van der Waals surface area contributed by atoms with Gasteiger partial charge in [0.2, 0.25) is 0 Å². The number of para-hydroxylation sites is 1. The molecule has 1 heterocycles. The van der Waals surface area contributed by atoms with Gasteiger partial charge in [-0.3, -0.25) is 9.36 Å². The van der Waals surface area contributed by atoms with Crippen molar-refractivity contribution >= 4 is 26.8 Å². The summed E-state index contributed by atoms with van der Waals surface area (Å²) in [6, 6.07) is 15.0. The molecule has 0 bridgehead atoms. The molecule has 2 aromatic carbocycles. The van der Waals surface area contributed by atoms with Crippen LogP contribution in [-0.4, -0.2) is 29.8 Å². The third-order valence-corrected chi connectivity index (χ3v) is 4.56. The number of ether oxygens (including phenoxy) is 1. The van der Waals surface area contributed by atoms with Gasteiger partial charge >= 0.3 is 0 Å². The highest BCUT2D eigenvalue weighted by Crippen LogP contribution is 2.19. The topological polar surface area (TPSA) is 56.1 Å². The highest BCUT2D eigenvalue weighted by Gasteiger charge is 2.17. The summed E-state index contributed by atoms with van der Waals surface area (Å²) in [6.45, 7) is 3.28. The molecule has 1 atom stereocenters. The van der Waals surface area contributed by atoms with E-state index in [1.54, 1.807) is 11.7 Å². The number of nitrogens with one attached hydrogen (secondary N) is 1. The number of nitrogens with zero attached hydrogens (tertiary/aromatic N) is 2. The van der Waals surface area contributed by atoms with Gasteiger partial charge in [-0.25, -0.2) is 4.98 Å². The molecular formula is C19H20BrN3O2. The number of rotatable bonds is 6. The Morgan fingerprint density at radius 1 is 1.20 bits per heavy atom. The predicted molar refractivity (Wildman–Crippen MR) is 103 cm³/mol. The van der Waals surface area contributed by atoms with Gasteiger partial charge in [0.25, 0.3) is 5.56 Å². The molecule has 0 radical (unpaired) electrons. The Bertz CT molecular complexity index is 922. The molecule has 0 spiro atoms. The van der Waals surface area contributed by atoms with Crippen LogP contribution in [0.5, 0.6) is 0 Å². The van der Waals surface area contributed by atoms with Gasteiger partial charge in [0.05, 0.1) is 29.2 Å². The normalized spacial score (nSPS) is 12.4. The SMILES string of the molecule is COCCN[C@H](C)c1nc2ccccc2c(=O)n1-c1ccc(Br)cc1. The zero-order valence-corrected chi connectivity index (χ0v) is 15.8. The summed E-state index contributed by atoms with van der Waals surface area (Å²) < 4.78 is 7.74. The fourth-order valence-electron chi connectivity index (χ4n) is 2.75. The first-order valence-electron chi connectivity index (χ1n) is 8.12. The average Bonchev–Trinajstić information content (AvgIpc) is 2.63. The first-order chi connectivity index (χ1) is 12.1. The van der Waals surface area contributed by atoms with Crippen molar-refractivity contribution < 1.29 is 4.74 Å². The third kappa shape index (κ3) is 3.81. The van der Waals surface area contributed by atoms with Crippen molar-refractivity contribution in [3.8, 4) is 5.69 Å². The van der Waals surface area contributed by atoms with Gasteiger partial charge in [-0.15, -0.1) is 0 Å². The number of halogens is 1. The summed E-state index contributed by atoms with van der Waals surface area (Å²) in [7, 11) is 1.67.